The van der Waals surface area contributed by atoms with Gasteiger partial charge in [-0.15, -0.1) is 0 Å². The van der Waals surface area contributed by atoms with E-state index in [1.54, 1.807) is 6.07 Å². The first kappa shape index (κ1) is 14.6. The lowest BCUT2D eigenvalue weighted by Crippen LogP contribution is -2.47. The summed E-state index contributed by atoms with van der Waals surface area (Å²) in [4.78, 5) is 2.12. The van der Waals surface area contributed by atoms with E-state index in [4.69, 9.17) is 4.74 Å². The SMILES string of the molecule is CN(C1CCCCO1)C1CCc2c(ccc(O)c2O)C1O. The molecule has 0 saturated carbocycles. The van der Waals surface area contributed by atoms with Gasteiger partial charge in [0.05, 0.1) is 6.10 Å². The number of ether oxygens (including phenoxy) is 1. The summed E-state index contributed by atoms with van der Waals surface area (Å²) >= 11 is 0. The Labute approximate surface area is 124 Å². The molecule has 3 atom stereocenters. The highest BCUT2D eigenvalue weighted by Gasteiger charge is 2.36. The minimum absolute atomic E-state index is 0.0236. The van der Waals surface area contributed by atoms with Gasteiger partial charge in [-0.25, -0.2) is 0 Å². The van der Waals surface area contributed by atoms with Crippen LogP contribution in [0.3, 0.4) is 0 Å². The first-order valence-electron chi connectivity index (χ1n) is 7.65. The van der Waals surface area contributed by atoms with Crippen molar-refractivity contribution in [2.24, 2.45) is 0 Å². The van der Waals surface area contributed by atoms with Crippen LogP contribution < -0.4 is 0 Å². The van der Waals surface area contributed by atoms with Gasteiger partial charge in [0.1, 0.15) is 6.23 Å². The lowest BCUT2D eigenvalue weighted by molar-refractivity contribution is -0.113. The van der Waals surface area contributed by atoms with Crippen molar-refractivity contribution in [2.75, 3.05) is 13.7 Å². The second-order valence-electron chi connectivity index (χ2n) is 6.04. The maximum Gasteiger partial charge on any atom is 0.161 e. The predicted octanol–water partition coefficient (Wildman–Crippen LogP) is 1.90. The number of hydrogen-bond donors (Lipinski definition) is 3. The standard InChI is InChI=1S/C16H23NO4/c1-17(14-4-2-3-9-21-14)12-7-5-11-10(15(12)19)6-8-13(18)16(11)20/h6,8,12,14-15,18-20H,2-5,7,9H2,1H3. The van der Waals surface area contributed by atoms with E-state index >= 15 is 0 Å². The molecule has 3 unspecified atom stereocenters. The molecule has 1 aromatic rings. The Balaban J connectivity index is 1.81. The molecule has 0 radical (unpaired) electrons. The smallest absolute Gasteiger partial charge is 0.161 e. The van der Waals surface area contributed by atoms with Gasteiger partial charge in [-0.1, -0.05) is 6.07 Å². The average molecular weight is 293 g/mol. The van der Waals surface area contributed by atoms with Crippen molar-refractivity contribution in [3.05, 3.63) is 23.3 Å². The molecule has 1 heterocycles. The third-order valence-electron chi connectivity index (χ3n) is 4.80. The van der Waals surface area contributed by atoms with E-state index < -0.39 is 6.10 Å². The zero-order valence-electron chi connectivity index (χ0n) is 12.3. The minimum Gasteiger partial charge on any atom is -0.504 e. The van der Waals surface area contributed by atoms with Crippen molar-refractivity contribution >= 4 is 0 Å². The molecule has 0 amide bonds. The summed E-state index contributed by atoms with van der Waals surface area (Å²) in [6, 6.07) is 3.12. The number of benzene rings is 1. The summed E-state index contributed by atoms with van der Waals surface area (Å²) < 4.78 is 5.80. The topological polar surface area (TPSA) is 73.2 Å². The predicted molar refractivity (Wildman–Crippen MR) is 78.2 cm³/mol. The summed E-state index contributed by atoms with van der Waals surface area (Å²) in [5.74, 6) is -0.218. The van der Waals surface area contributed by atoms with Crippen LogP contribution in [0.4, 0.5) is 0 Å². The summed E-state index contributed by atoms with van der Waals surface area (Å²) in [6.07, 6.45) is 4.03. The normalized spacial score (nSPS) is 29.4. The fourth-order valence-corrected chi connectivity index (χ4v) is 3.52. The lowest BCUT2D eigenvalue weighted by atomic mass is 9.84. The van der Waals surface area contributed by atoms with Crippen molar-refractivity contribution in [1.82, 2.24) is 4.90 Å². The van der Waals surface area contributed by atoms with E-state index in [0.717, 1.165) is 32.3 Å². The third kappa shape index (κ3) is 2.61. The molecule has 1 saturated heterocycles. The van der Waals surface area contributed by atoms with Gasteiger partial charge in [0, 0.05) is 18.2 Å². The van der Waals surface area contributed by atoms with Crippen LogP contribution in [0, 0.1) is 0 Å². The number of hydrogen-bond acceptors (Lipinski definition) is 5. The van der Waals surface area contributed by atoms with E-state index in [1.165, 1.54) is 6.07 Å². The van der Waals surface area contributed by atoms with Crippen LogP contribution in [-0.2, 0) is 11.2 Å². The van der Waals surface area contributed by atoms with Gasteiger partial charge < -0.3 is 20.1 Å². The summed E-state index contributed by atoms with van der Waals surface area (Å²) in [6.45, 7) is 0.781. The summed E-state index contributed by atoms with van der Waals surface area (Å²) in [5.41, 5.74) is 1.38. The molecule has 0 spiro atoms. The monoisotopic (exact) mass is 293 g/mol. The molecule has 116 valence electrons. The van der Waals surface area contributed by atoms with Crippen LogP contribution in [0.5, 0.6) is 11.5 Å². The molecule has 0 aromatic heterocycles. The second kappa shape index (κ2) is 5.83. The second-order valence-corrected chi connectivity index (χ2v) is 6.04. The molecule has 0 bridgehead atoms. The maximum atomic E-state index is 10.6. The average Bonchev–Trinajstić information content (AvgIpc) is 2.52. The number of aliphatic hydroxyl groups is 1. The Hall–Kier alpha value is -1.30. The molecule has 3 N–H and O–H groups in total. The Morgan fingerprint density at radius 2 is 2.00 bits per heavy atom. The first-order valence-corrected chi connectivity index (χ1v) is 7.65. The van der Waals surface area contributed by atoms with Crippen LogP contribution in [-0.4, -0.2) is 46.1 Å². The van der Waals surface area contributed by atoms with Gasteiger partial charge in [-0.3, -0.25) is 4.90 Å². The molecule has 5 heteroatoms. The molecule has 3 rings (SSSR count). The number of phenolic OH excluding ortho intramolecular Hbond substituents is 2. The van der Waals surface area contributed by atoms with Crippen molar-refractivity contribution in [1.29, 1.82) is 0 Å². The van der Waals surface area contributed by atoms with Gasteiger partial charge in [0.15, 0.2) is 11.5 Å². The van der Waals surface area contributed by atoms with Crippen LogP contribution in [0.15, 0.2) is 12.1 Å². The lowest BCUT2D eigenvalue weighted by Gasteiger charge is -2.41. The summed E-state index contributed by atoms with van der Waals surface area (Å²) in [5, 5.41) is 30.2. The highest BCUT2D eigenvalue weighted by Crippen LogP contribution is 2.41. The molecule has 1 aliphatic carbocycles. The van der Waals surface area contributed by atoms with E-state index in [2.05, 4.69) is 4.90 Å². The number of phenols is 2. The molecular weight excluding hydrogens is 270 g/mol. The minimum atomic E-state index is -0.671. The number of nitrogens with zero attached hydrogens (tertiary/aromatic N) is 1. The number of fused-ring (bicyclic) bond motifs is 1. The zero-order chi connectivity index (χ0) is 15.0. The van der Waals surface area contributed by atoms with E-state index in [0.29, 0.717) is 17.5 Å². The highest BCUT2D eigenvalue weighted by molar-refractivity contribution is 5.51. The van der Waals surface area contributed by atoms with E-state index in [9.17, 15) is 15.3 Å². The van der Waals surface area contributed by atoms with Crippen LogP contribution in [0.25, 0.3) is 0 Å². The largest absolute Gasteiger partial charge is 0.504 e. The van der Waals surface area contributed by atoms with Gasteiger partial charge in [0.2, 0.25) is 0 Å². The molecule has 21 heavy (non-hydrogen) atoms. The van der Waals surface area contributed by atoms with Crippen LogP contribution in [0.1, 0.15) is 42.9 Å². The Morgan fingerprint density at radius 3 is 2.71 bits per heavy atom. The Bertz CT molecular complexity index is 513. The van der Waals surface area contributed by atoms with Crippen molar-refractivity contribution in [3.63, 3.8) is 0 Å². The fraction of sp³-hybridized carbons (Fsp3) is 0.625. The maximum absolute atomic E-state index is 10.6. The van der Waals surface area contributed by atoms with Gasteiger partial charge in [-0.2, -0.15) is 0 Å². The van der Waals surface area contributed by atoms with Gasteiger partial charge >= 0.3 is 0 Å². The quantitative estimate of drug-likeness (QED) is 0.726. The molecule has 1 fully saturated rings. The molecular formula is C16H23NO4. The summed E-state index contributed by atoms with van der Waals surface area (Å²) in [7, 11) is 2.00. The van der Waals surface area contributed by atoms with Crippen molar-refractivity contribution < 1.29 is 20.1 Å². The first-order chi connectivity index (χ1) is 10.1. The van der Waals surface area contributed by atoms with Crippen LogP contribution >= 0.6 is 0 Å². The highest BCUT2D eigenvalue weighted by atomic mass is 16.5. The van der Waals surface area contributed by atoms with E-state index in [1.807, 2.05) is 7.05 Å². The number of rotatable bonds is 2. The molecule has 2 aliphatic rings. The fourth-order valence-electron chi connectivity index (χ4n) is 3.52. The zero-order valence-corrected chi connectivity index (χ0v) is 12.3. The van der Waals surface area contributed by atoms with Crippen molar-refractivity contribution in [3.8, 4) is 11.5 Å². The molecule has 1 aliphatic heterocycles. The Kier molecular flexibility index (Phi) is 4.06. The Morgan fingerprint density at radius 1 is 1.19 bits per heavy atom. The molecule has 1 aromatic carbocycles. The number of likely N-dealkylation sites (N-methyl/N-ethyl adjacent to an activating group) is 1. The number of aliphatic hydroxyl groups excluding tert-OH is 1. The van der Waals surface area contributed by atoms with Crippen molar-refractivity contribution in [2.45, 2.75) is 50.5 Å². The van der Waals surface area contributed by atoms with Crippen LogP contribution in [0.2, 0.25) is 0 Å². The third-order valence-corrected chi connectivity index (χ3v) is 4.80. The molecule has 5 nitrogen and oxygen atoms in total. The number of aromatic hydroxyl groups is 2. The van der Waals surface area contributed by atoms with E-state index in [-0.39, 0.29) is 23.8 Å². The van der Waals surface area contributed by atoms with Gasteiger partial charge in [0.25, 0.3) is 0 Å². The van der Waals surface area contributed by atoms with Gasteiger partial charge in [-0.05, 0) is 50.8 Å².